The summed E-state index contributed by atoms with van der Waals surface area (Å²) in [4.78, 5) is 51.2. The third kappa shape index (κ3) is 5.10. The molecule has 0 aliphatic rings. The molecule has 2 aromatic rings. The highest BCUT2D eigenvalue weighted by Crippen LogP contribution is 2.21. The van der Waals surface area contributed by atoms with Crippen LogP contribution < -0.4 is 5.32 Å². The minimum absolute atomic E-state index is 0.128. The Kier molecular flexibility index (Phi) is 6.93. The number of ketones is 1. The smallest absolute Gasteiger partial charge is 0.355 e. The van der Waals surface area contributed by atoms with Gasteiger partial charge in [0.15, 0.2) is 11.9 Å². The number of H-pyrrole nitrogens is 1. The molecule has 1 amide bonds. The highest BCUT2D eigenvalue weighted by atomic mass is 16.5. The van der Waals surface area contributed by atoms with Gasteiger partial charge in [0.2, 0.25) is 0 Å². The number of hydrogen-bond acceptors (Lipinski definition) is 6. The first kappa shape index (κ1) is 21.9. The summed E-state index contributed by atoms with van der Waals surface area (Å²) in [6.45, 7) is 7.99. The van der Waals surface area contributed by atoms with E-state index in [4.69, 9.17) is 9.47 Å². The Balaban J connectivity index is 2.10. The normalized spacial score (nSPS) is 11.5. The lowest BCUT2D eigenvalue weighted by Crippen LogP contribution is -2.30. The van der Waals surface area contributed by atoms with E-state index in [1.54, 1.807) is 45.0 Å². The SMILES string of the molecule is CCOC(=O)c1[nH]c(C)c(C(=O)O[C@@H](C)C(=O)Nc2cccc(C(C)=O)c2)c1C. The number of amides is 1. The van der Waals surface area contributed by atoms with Crippen LogP contribution >= 0.6 is 0 Å². The minimum Gasteiger partial charge on any atom is -0.461 e. The van der Waals surface area contributed by atoms with Crippen LogP contribution in [-0.4, -0.2) is 41.3 Å². The molecule has 0 saturated heterocycles. The Bertz CT molecular complexity index is 960. The summed E-state index contributed by atoms with van der Waals surface area (Å²) in [7, 11) is 0. The molecule has 1 aromatic carbocycles. The number of aryl methyl sites for hydroxylation is 1. The maximum atomic E-state index is 12.6. The summed E-state index contributed by atoms with van der Waals surface area (Å²) in [5.41, 5.74) is 2.08. The Hall–Kier alpha value is -3.42. The Labute approximate surface area is 168 Å². The van der Waals surface area contributed by atoms with Crippen LogP contribution in [0, 0.1) is 13.8 Å². The molecular weight excluding hydrogens is 376 g/mol. The van der Waals surface area contributed by atoms with Gasteiger partial charge in [-0.3, -0.25) is 9.59 Å². The van der Waals surface area contributed by atoms with Crippen molar-refractivity contribution in [1.29, 1.82) is 0 Å². The summed E-state index contributed by atoms with van der Waals surface area (Å²) in [6.07, 6.45) is -1.09. The van der Waals surface area contributed by atoms with E-state index in [-0.39, 0.29) is 23.6 Å². The van der Waals surface area contributed by atoms with Gasteiger partial charge in [-0.15, -0.1) is 0 Å². The van der Waals surface area contributed by atoms with E-state index in [0.29, 0.717) is 22.5 Å². The van der Waals surface area contributed by atoms with Crippen LogP contribution in [0.1, 0.15) is 63.2 Å². The molecule has 0 aliphatic heterocycles. The first-order chi connectivity index (χ1) is 13.6. The number of carbonyl (C=O) groups excluding carboxylic acids is 4. The number of esters is 2. The van der Waals surface area contributed by atoms with Crippen LogP contribution in [0.25, 0.3) is 0 Å². The molecule has 0 unspecified atom stereocenters. The van der Waals surface area contributed by atoms with Crippen molar-refractivity contribution in [3.05, 3.63) is 52.3 Å². The fourth-order valence-corrected chi connectivity index (χ4v) is 2.80. The zero-order valence-electron chi connectivity index (χ0n) is 17.0. The molecule has 8 nitrogen and oxygen atoms in total. The number of aromatic nitrogens is 1. The van der Waals surface area contributed by atoms with Crippen molar-refractivity contribution in [2.75, 3.05) is 11.9 Å². The summed E-state index contributed by atoms with van der Waals surface area (Å²) >= 11 is 0. The lowest BCUT2D eigenvalue weighted by Gasteiger charge is -2.14. The number of nitrogens with one attached hydrogen (secondary N) is 2. The largest absolute Gasteiger partial charge is 0.461 e. The third-order valence-electron chi connectivity index (χ3n) is 4.31. The van der Waals surface area contributed by atoms with Gasteiger partial charge < -0.3 is 19.8 Å². The lowest BCUT2D eigenvalue weighted by molar-refractivity contribution is -0.123. The molecule has 0 spiro atoms. The van der Waals surface area contributed by atoms with Gasteiger partial charge in [-0.05, 0) is 52.3 Å². The van der Waals surface area contributed by atoms with Crippen molar-refractivity contribution in [3.8, 4) is 0 Å². The van der Waals surface area contributed by atoms with E-state index in [2.05, 4.69) is 10.3 Å². The maximum absolute atomic E-state index is 12.6. The average Bonchev–Trinajstić information content (AvgIpc) is 2.96. The number of benzene rings is 1. The molecule has 0 bridgehead atoms. The molecule has 0 radical (unpaired) electrons. The van der Waals surface area contributed by atoms with E-state index >= 15 is 0 Å². The summed E-state index contributed by atoms with van der Waals surface area (Å²) < 4.78 is 10.2. The number of anilines is 1. The Morgan fingerprint density at radius 2 is 1.83 bits per heavy atom. The topological polar surface area (TPSA) is 115 Å². The molecule has 154 valence electrons. The van der Waals surface area contributed by atoms with E-state index in [0.717, 1.165) is 0 Å². The van der Waals surface area contributed by atoms with E-state index in [1.165, 1.54) is 13.8 Å². The van der Waals surface area contributed by atoms with Crippen LogP contribution in [0.4, 0.5) is 5.69 Å². The van der Waals surface area contributed by atoms with Gasteiger partial charge in [-0.25, -0.2) is 9.59 Å². The van der Waals surface area contributed by atoms with Crippen molar-refractivity contribution in [1.82, 2.24) is 4.98 Å². The Morgan fingerprint density at radius 3 is 2.45 bits per heavy atom. The predicted molar refractivity (Wildman–Crippen MR) is 106 cm³/mol. The number of aromatic amines is 1. The fourth-order valence-electron chi connectivity index (χ4n) is 2.80. The molecule has 1 heterocycles. The van der Waals surface area contributed by atoms with E-state index in [1.807, 2.05) is 0 Å². The molecule has 2 N–H and O–H groups in total. The zero-order valence-corrected chi connectivity index (χ0v) is 17.0. The molecule has 0 fully saturated rings. The molecule has 0 aliphatic carbocycles. The quantitative estimate of drug-likeness (QED) is 0.545. The van der Waals surface area contributed by atoms with E-state index in [9.17, 15) is 19.2 Å². The summed E-state index contributed by atoms with van der Waals surface area (Å²) in [5, 5.41) is 2.61. The van der Waals surface area contributed by atoms with Crippen molar-refractivity contribution >= 4 is 29.3 Å². The third-order valence-corrected chi connectivity index (χ3v) is 4.31. The van der Waals surface area contributed by atoms with Gasteiger partial charge in [0.25, 0.3) is 5.91 Å². The highest BCUT2D eigenvalue weighted by molar-refractivity contribution is 6.01. The highest BCUT2D eigenvalue weighted by Gasteiger charge is 2.26. The zero-order chi connectivity index (χ0) is 21.7. The molecule has 0 saturated carbocycles. The summed E-state index contributed by atoms with van der Waals surface area (Å²) in [5.74, 6) is -1.97. The summed E-state index contributed by atoms with van der Waals surface area (Å²) in [6, 6.07) is 6.46. The molecule has 1 atom stereocenters. The molecule has 8 heteroatoms. The van der Waals surface area contributed by atoms with Crippen molar-refractivity contribution < 1.29 is 28.7 Å². The van der Waals surface area contributed by atoms with Gasteiger partial charge in [-0.2, -0.15) is 0 Å². The second kappa shape index (κ2) is 9.18. The monoisotopic (exact) mass is 400 g/mol. The average molecular weight is 400 g/mol. The molecule has 29 heavy (non-hydrogen) atoms. The van der Waals surface area contributed by atoms with Gasteiger partial charge >= 0.3 is 11.9 Å². The van der Waals surface area contributed by atoms with Crippen LogP contribution in [-0.2, 0) is 14.3 Å². The van der Waals surface area contributed by atoms with Gasteiger partial charge in [0.05, 0.1) is 12.2 Å². The Morgan fingerprint density at radius 1 is 1.14 bits per heavy atom. The van der Waals surface area contributed by atoms with Crippen molar-refractivity contribution in [2.24, 2.45) is 0 Å². The molecule has 2 rings (SSSR count). The minimum atomic E-state index is -1.09. The van der Waals surface area contributed by atoms with Gasteiger partial charge in [0.1, 0.15) is 5.69 Å². The lowest BCUT2D eigenvalue weighted by atomic mass is 10.1. The van der Waals surface area contributed by atoms with Crippen LogP contribution in [0.3, 0.4) is 0 Å². The van der Waals surface area contributed by atoms with Crippen molar-refractivity contribution in [2.45, 2.75) is 40.7 Å². The molecule has 1 aromatic heterocycles. The van der Waals surface area contributed by atoms with E-state index < -0.39 is 23.9 Å². The van der Waals surface area contributed by atoms with Crippen molar-refractivity contribution in [3.63, 3.8) is 0 Å². The second-order valence-electron chi connectivity index (χ2n) is 6.52. The number of ether oxygens (including phenoxy) is 2. The van der Waals surface area contributed by atoms with Crippen LogP contribution in [0.5, 0.6) is 0 Å². The van der Waals surface area contributed by atoms with Gasteiger partial charge in [-0.1, -0.05) is 12.1 Å². The first-order valence-electron chi connectivity index (χ1n) is 9.14. The van der Waals surface area contributed by atoms with Crippen LogP contribution in [0.15, 0.2) is 24.3 Å². The molecular formula is C21H24N2O6. The number of carbonyl (C=O) groups is 4. The number of hydrogen-bond donors (Lipinski definition) is 2. The number of rotatable bonds is 7. The number of Topliss-reactive ketones (excluding diaryl/α,β-unsaturated/α-hetero) is 1. The first-order valence-corrected chi connectivity index (χ1v) is 9.14. The second-order valence-corrected chi connectivity index (χ2v) is 6.52. The standard InChI is InChI=1S/C21H24N2O6/c1-6-28-21(27)18-11(2)17(12(3)22-18)20(26)29-14(5)19(25)23-16-9-7-8-15(10-16)13(4)24/h7-10,14,22H,6H2,1-5H3,(H,23,25)/t14-/m0/s1. The van der Waals surface area contributed by atoms with Gasteiger partial charge in [0, 0.05) is 16.9 Å². The fraction of sp³-hybridized carbons (Fsp3) is 0.333. The predicted octanol–water partition coefficient (Wildman–Crippen LogP) is 3.19. The maximum Gasteiger partial charge on any atom is 0.355 e. The van der Waals surface area contributed by atoms with Crippen LogP contribution in [0.2, 0.25) is 0 Å².